The van der Waals surface area contributed by atoms with E-state index in [4.69, 9.17) is 23.7 Å². The third kappa shape index (κ3) is 6.51. The summed E-state index contributed by atoms with van der Waals surface area (Å²) in [6, 6.07) is 17.0. The first-order chi connectivity index (χ1) is 17.3. The number of hydrogen-bond donors (Lipinski definition) is 0. The first kappa shape index (κ1) is 24.1. The molecule has 0 aliphatic carbocycles. The van der Waals surface area contributed by atoms with Gasteiger partial charge in [0.1, 0.15) is 6.61 Å². The minimum absolute atomic E-state index is 0.00935. The SMILES string of the molecule is COc1ccccc1Oc1c(N=[N+]=[N-])nc(N2CCOCC2)nc1OCCOCc1ccccc1. The Morgan fingerprint density at radius 3 is 2.49 bits per heavy atom. The molecule has 3 aromatic rings. The second-order valence-electron chi connectivity index (χ2n) is 7.41. The van der Waals surface area contributed by atoms with Gasteiger partial charge in [-0.05, 0) is 28.3 Å². The van der Waals surface area contributed by atoms with Crippen LogP contribution >= 0.6 is 0 Å². The highest BCUT2D eigenvalue weighted by Crippen LogP contribution is 2.42. The second kappa shape index (κ2) is 12.4. The van der Waals surface area contributed by atoms with Crippen LogP contribution in [0, 0.1) is 0 Å². The monoisotopic (exact) mass is 478 g/mol. The van der Waals surface area contributed by atoms with Gasteiger partial charge in [0.2, 0.25) is 11.7 Å². The molecule has 0 amide bonds. The zero-order valence-electron chi connectivity index (χ0n) is 19.4. The van der Waals surface area contributed by atoms with Crippen LogP contribution in [0.1, 0.15) is 5.56 Å². The third-order valence-corrected chi connectivity index (χ3v) is 5.10. The van der Waals surface area contributed by atoms with Gasteiger partial charge >= 0.3 is 0 Å². The molecule has 11 heteroatoms. The van der Waals surface area contributed by atoms with E-state index in [1.54, 1.807) is 18.2 Å². The van der Waals surface area contributed by atoms with Gasteiger partial charge < -0.3 is 28.6 Å². The highest BCUT2D eigenvalue weighted by Gasteiger charge is 2.23. The summed E-state index contributed by atoms with van der Waals surface area (Å²) in [5, 5.41) is 3.75. The molecule has 0 unspecified atom stereocenters. The van der Waals surface area contributed by atoms with Gasteiger partial charge in [0.15, 0.2) is 17.3 Å². The van der Waals surface area contributed by atoms with Crippen LogP contribution in [0.5, 0.6) is 23.1 Å². The lowest BCUT2D eigenvalue weighted by Gasteiger charge is -2.27. The fraction of sp³-hybridized carbons (Fsp3) is 0.333. The van der Waals surface area contributed by atoms with Crippen molar-refractivity contribution in [3.63, 3.8) is 0 Å². The van der Waals surface area contributed by atoms with Crippen LogP contribution in [0.2, 0.25) is 0 Å². The molecule has 0 N–H and O–H groups in total. The van der Waals surface area contributed by atoms with E-state index >= 15 is 0 Å². The lowest BCUT2D eigenvalue weighted by atomic mass is 10.2. The standard InChI is InChI=1S/C24H26N6O5/c1-31-19-9-5-6-10-20(19)35-21-22(28-29-25)26-24(30-11-13-32-14-12-30)27-23(21)34-16-15-33-17-18-7-3-2-4-8-18/h2-10H,11-17H2,1H3. The molecule has 1 saturated heterocycles. The summed E-state index contributed by atoms with van der Waals surface area (Å²) in [7, 11) is 1.54. The minimum Gasteiger partial charge on any atom is -0.493 e. The normalized spacial score (nSPS) is 13.1. The molecule has 11 nitrogen and oxygen atoms in total. The Balaban J connectivity index is 1.58. The van der Waals surface area contributed by atoms with Crippen molar-refractivity contribution in [3.8, 4) is 23.1 Å². The summed E-state index contributed by atoms with van der Waals surface area (Å²) in [5.41, 5.74) is 10.2. The Morgan fingerprint density at radius 1 is 1.00 bits per heavy atom. The number of benzene rings is 2. The number of methoxy groups -OCH3 is 1. The maximum Gasteiger partial charge on any atom is 0.263 e. The Bertz CT molecular complexity index is 1150. The summed E-state index contributed by atoms with van der Waals surface area (Å²) in [5.74, 6) is 1.50. The molecule has 0 radical (unpaired) electrons. The Morgan fingerprint density at radius 2 is 1.74 bits per heavy atom. The zero-order valence-corrected chi connectivity index (χ0v) is 19.4. The Kier molecular flexibility index (Phi) is 8.55. The van der Waals surface area contributed by atoms with Crippen LogP contribution in [-0.2, 0) is 16.1 Å². The molecule has 2 heterocycles. The summed E-state index contributed by atoms with van der Waals surface area (Å²) >= 11 is 0. The number of hydrogen-bond acceptors (Lipinski definition) is 9. The summed E-state index contributed by atoms with van der Waals surface area (Å²) in [6.07, 6.45) is 0. The van der Waals surface area contributed by atoms with Crippen molar-refractivity contribution < 1.29 is 23.7 Å². The average Bonchev–Trinajstić information content (AvgIpc) is 2.91. The van der Waals surface area contributed by atoms with Crippen molar-refractivity contribution in [2.24, 2.45) is 5.11 Å². The molecule has 2 aromatic carbocycles. The van der Waals surface area contributed by atoms with Crippen LogP contribution < -0.4 is 19.1 Å². The first-order valence-electron chi connectivity index (χ1n) is 11.1. The van der Waals surface area contributed by atoms with Gasteiger partial charge in [-0.1, -0.05) is 42.5 Å². The van der Waals surface area contributed by atoms with Gasteiger partial charge in [-0.2, -0.15) is 4.98 Å². The second-order valence-corrected chi connectivity index (χ2v) is 7.41. The van der Waals surface area contributed by atoms with E-state index in [2.05, 4.69) is 20.0 Å². The fourth-order valence-electron chi connectivity index (χ4n) is 3.38. The van der Waals surface area contributed by atoms with Crippen LogP contribution in [0.25, 0.3) is 10.4 Å². The molecule has 4 rings (SSSR count). The van der Waals surface area contributed by atoms with E-state index in [1.807, 2.05) is 41.3 Å². The molecular formula is C24H26N6O5. The lowest BCUT2D eigenvalue weighted by molar-refractivity contribution is 0.0865. The van der Waals surface area contributed by atoms with Crippen molar-refractivity contribution in [1.29, 1.82) is 0 Å². The topological polar surface area (TPSA) is 124 Å². The Hall–Kier alpha value is -4.05. The van der Waals surface area contributed by atoms with Crippen molar-refractivity contribution in [3.05, 3.63) is 70.6 Å². The zero-order chi connectivity index (χ0) is 24.3. The molecule has 182 valence electrons. The van der Waals surface area contributed by atoms with Crippen molar-refractivity contribution >= 4 is 11.8 Å². The molecule has 1 aliphatic heterocycles. The van der Waals surface area contributed by atoms with Crippen LogP contribution in [0.4, 0.5) is 11.8 Å². The third-order valence-electron chi connectivity index (χ3n) is 5.10. The molecule has 1 fully saturated rings. The quantitative estimate of drug-likeness (QED) is 0.169. The summed E-state index contributed by atoms with van der Waals surface area (Å²) in [6.45, 7) is 3.26. The minimum atomic E-state index is 0.00935. The van der Waals surface area contributed by atoms with Crippen molar-refractivity contribution in [2.45, 2.75) is 6.61 Å². The van der Waals surface area contributed by atoms with Crippen molar-refractivity contribution in [2.75, 3.05) is 51.5 Å². The fourth-order valence-corrected chi connectivity index (χ4v) is 3.38. The number of azide groups is 1. The number of ether oxygens (including phenoxy) is 5. The van der Waals surface area contributed by atoms with Crippen LogP contribution in [0.3, 0.4) is 0 Å². The number of rotatable bonds is 11. The Labute approximate surface area is 202 Å². The van der Waals surface area contributed by atoms with E-state index in [-0.39, 0.29) is 24.1 Å². The van der Waals surface area contributed by atoms with Gasteiger partial charge in [0.25, 0.3) is 5.88 Å². The maximum absolute atomic E-state index is 9.18. The van der Waals surface area contributed by atoms with Crippen LogP contribution in [-0.4, -0.2) is 56.6 Å². The summed E-state index contributed by atoms with van der Waals surface area (Å²) in [4.78, 5) is 13.9. The van der Waals surface area contributed by atoms with Crippen LogP contribution in [0.15, 0.2) is 59.7 Å². The number of nitrogens with zero attached hydrogens (tertiary/aromatic N) is 6. The lowest BCUT2D eigenvalue weighted by Crippen LogP contribution is -2.37. The molecule has 0 bridgehead atoms. The molecule has 1 aromatic heterocycles. The van der Waals surface area contributed by atoms with Gasteiger partial charge in [-0.3, -0.25) is 0 Å². The molecule has 0 saturated carbocycles. The molecule has 35 heavy (non-hydrogen) atoms. The van der Waals surface area contributed by atoms with E-state index in [1.165, 1.54) is 7.11 Å². The van der Waals surface area contributed by atoms with Gasteiger partial charge in [0, 0.05) is 18.0 Å². The molecule has 0 atom stereocenters. The van der Waals surface area contributed by atoms with E-state index in [9.17, 15) is 5.53 Å². The predicted molar refractivity (Wildman–Crippen MR) is 129 cm³/mol. The highest BCUT2D eigenvalue weighted by molar-refractivity contribution is 5.58. The molecular weight excluding hydrogens is 452 g/mol. The first-order valence-corrected chi connectivity index (χ1v) is 11.1. The average molecular weight is 479 g/mol. The van der Waals surface area contributed by atoms with E-state index < -0.39 is 0 Å². The maximum atomic E-state index is 9.18. The smallest absolute Gasteiger partial charge is 0.263 e. The number of para-hydroxylation sites is 2. The van der Waals surface area contributed by atoms with E-state index in [0.717, 1.165) is 5.56 Å². The van der Waals surface area contributed by atoms with E-state index in [0.29, 0.717) is 57.0 Å². The number of morpholine rings is 1. The van der Waals surface area contributed by atoms with Gasteiger partial charge in [0.05, 0.1) is 33.5 Å². The number of aromatic nitrogens is 2. The number of anilines is 1. The van der Waals surface area contributed by atoms with Crippen molar-refractivity contribution in [1.82, 2.24) is 9.97 Å². The molecule has 0 spiro atoms. The highest BCUT2D eigenvalue weighted by atomic mass is 16.6. The van der Waals surface area contributed by atoms with Gasteiger partial charge in [-0.15, -0.1) is 0 Å². The summed E-state index contributed by atoms with van der Waals surface area (Å²) < 4.78 is 28.5. The largest absolute Gasteiger partial charge is 0.493 e. The molecule has 1 aliphatic rings. The predicted octanol–water partition coefficient (Wildman–Crippen LogP) is 4.65. The van der Waals surface area contributed by atoms with Gasteiger partial charge in [-0.25, -0.2) is 4.98 Å².